The fraction of sp³-hybridized carbons (Fsp3) is 0.385. The number of carbonyl (C=O) groups excluding carboxylic acids is 2. The molecule has 112 valence electrons. The molecule has 0 spiro atoms. The number of rotatable bonds is 5. The lowest BCUT2D eigenvalue weighted by Gasteiger charge is -2.12. The van der Waals surface area contributed by atoms with Gasteiger partial charge >= 0.3 is 5.97 Å². The highest BCUT2D eigenvalue weighted by Crippen LogP contribution is 2.26. The summed E-state index contributed by atoms with van der Waals surface area (Å²) in [6.07, 6.45) is 3.01. The molecule has 0 unspecified atom stereocenters. The average molecular weight is 291 g/mol. The minimum Gasteiger partial charge on any atom is -0.462 e. The topological polar surface area (TPSA) is 98.1 Å². The van der Waals surface area contributed by atoms with Crippen LogP contribution in [0.25, 0.3) is 11.0 Å². The summed E-state index contributed by atoms with van der Waals surface area (Å²) < 4.78 is 6.70. The Morgan fingerprint density at radius 3 is 2.71 bits per heavy atom. The number of fused-ring (bicyclic) bond motifs is 1. The van der Waals surface area contributed by atoms with Crippen molar-refractivity contribution in [3.8, 4) is 0 Å². The second-order valence-electron chi connectivity index (χ2n) is 4.27. The molecule has 2 N–H and O–H groups in total. The van der Waals surface area contributed by atoms with Gasteiger partial charge in [-0.15, -0.1) is 0 Å². The Kier molecular flexibility index (Phi) is 4.36. The zero-order valence-electron chi connectivity index (χ0n) is 12.1. The van der Waals surface area contributed by atoms with Crippen LogP contribution < -0.4 is 10.9 Å². The monoisotopic (exact) mass is 291 g/mol. The first kappa shape index (κ1) is 14.8. The summed E-state index contributed by atoms with van der Waals surface area (Å²) in [5.74, 6) is -0.790. The molecule has 8 nitrogen and oxygen atoms in total. The predicted octanol–water partition coefficient (Wildman–Crippen LogP) is 1.09. The van der Waals surface area contributed by atoms with Gasteiger partial charge in [0, 0.05) is 19.7 Å². The Balaban J connectivity index is 2.53. The van der Waals surface area contributed by atoms with Gasteiger partial charge in [-0.3, -0.25) is 15.6 Å². The minimum absolute atomic E-state index is 0.244. The average Bonchev–Trinajstić information content (AvgIpc) is 2.87. The van der Waals surface area contributed by atoms with Crippen molar-refractivity contribution in [2.24, 2.45) is 0 Å². The van der Waals surface area contributed by atoms with Gasteiger partial charge in [0.25, 0.3) is 0 Å². The van der Waals surface area contributed by atoms with E-state index in [4.69, 9.17) is 4.74 Å². The largest absolute Gasteiger partial charge is 0.462 e. The Bertz CT molecular complexity index is 680. The van der Waals surface area contributed by atoms with Crippen molar-refractivity contribution in [2.75, 3.05) is 12.0 Å². The molecule has 0 aromatic carbocycles. The van der Waals surface area contributed by atoms with E-state index < -0.39 is 5.97 Å². The Morgan fingerprint density at radius 1 is 1.33 bits per heavy atom. The third-order valence-corrected chi connectivity index (χ3v) is 2.82. The summed E-state index contributed by atoms with van der Waals surface area (Å²) in [5, 5.41) is 4.83. The number of anilines is 1. The van der Waals surface area contributed by atoms with Gasteiger partial charge in [0.1, 0.15) is 5.56 Å². The fourth-order valence-electron chi connectivity index (χ4n) is 1.91. The van der Waals surface area contributed by atoms with Crippen molar-refractivity contribution in [1.82, 2.24) is 20.2 Å². The van der Waals surface area contributed by atoms with Crippen LogP contribution in [0.3, 0.4) is 0 Å². The van der Waals surface area contributed by atoms with Gasteiger partial charge in [-0.25, -0.2) is 14.5 Å². The van der Waals surface area contributed by atoms with Gasteiger partial charge < -0.3 is 4.74 Å². The van der Waals surface area contributed by atoms with Crippen LogP contribution in [0.2, 0.25) is 0 Å². The standard InChI is InChI=1S/C13H17N5O3/c1-4-18-12-9(7-15-18)11(17-16-8(3)19)10(6-14-12)13(20)21-5-2/h6-7H,4-5H2,1-3H3,(H,14,17)(H,16,19). The maximum atomic E-state index is 12.0. The molecule has 2 rings (SSSR count). The quantitative estimate of drug-likeness (QED) is 0.632. The van der Waals surface area contributed by atoms with Crippen LogP contribution in [-0.4, -0.2) is 33.2 Å². The number of ether oxygens (including phenoxy) is 1. The van der Waals surface area contributed by atoms with Crippen molar-refractivity contribution >= 4 is 28.6 Å². The molecule has 2 aromatic rings. The molecule has 0 aliphatic heterocycles. The second kappa shape index (κ2) is 6.21. The minimum atomic E-state index is -0.510. The molecule has 1 amide bonds. The number of hydrogen-bond acceptors (Lipinski definition) is 6. The Morgan fingerprint density at radius 2 is 2.10 bits per heavy atom. The van der Waals surface area contributed by atoms with Gasteiger partial charge in [0.2, 0.25) is 5.91 Å². The van der Waals surface area contributed by atoms with Gasteiger partial charge in [0.05, 0.1) is 23.9 Å². The van der Waals surface area contributed by atoms with Crippen LogP contribution >= 0.6 is 0 Å². The van der Waals surface area contributed by atoms with Crippen LogP contribution in [-0.2, 0) is 16.1 Å². The van der Waals surface area contributed by atoms with E-state index in [1.807, 2.05) is 6.92 Å². The number of carbonyl (C=O) groups is 2. The van der Waals surface area contributed by atoms with Crippen LogP contribution in [0, 0.1) is 0 Å². The Labute approximate surface area is 121 Å². The smallest absolute Gasteiger partial charge is 0.341 e. The zero-order chi connectivity index (χ0) is 15.4. The molecule has 0 saturated carbocycles. The highest BCUT2D eigenvalue weighted by Gasteiger charge is 2.19. The van der Waals surface area contributed by atoms with Crippen molar-refractivity contribution < 1.29 is 14.3 Å². The summed E-state index contributed by atoms with van der Waals surface area (Å²) in [6, 6.07) is 0. The summed E-state index contributed by atoms with van der Waals surface area (Å²) in [7, 11) is 0. The van der Waals surface area contributed by atoms with E-state index in [2.05, 4.69) is 20.9 Å². The van der Waals surface area contributed by atoms with E-state index in [0.717, 1.165) is 0 Å². The lowest BCUT2D eigenvalue weighted by Crippen LogP contribution is -2.28. The van der Waals surface area contributed by atoms with Gasteiger partial charge in [-0.2, -0.15) is 5.10 Å². The number of hydrazine groups is 1. The SMILES string of the molecule is CCOC(=O)c1cnc2c(cnn2CC)c1NNC(C)=O. The lowest BCUT2D eigenvalue weighted by molar-refractivity contribution is -0.118. The maximum absolute atomic E-state index is 12.0. The molecule has 21 heavy (non-hydrogen) atoms. The molecule has 0 aliphatic rings. The highest BCUT2D eigenvalue weighted by atomic mass is 16.5. The fourth-order valence-corrected chi connectivity index (χ4v) is 1.91. The van der Waals surface area contributed by atoms with Crippen molar-refractivity contribution in [3.05, 3.63) is 18.0 Å². The third kappa shape index (κ3) is 2.93. The van der Waals surface area contributed by atoms with Gasteiger partial charge in [-0.1, -0.05) is 0 Å². The molecule has 0 atom stereocenters. The lowest BCUT2D eigenvalue weighted by atomic mass is 10.2. The number of amides is 1. The maximum Gasteiger partial charge on any atom is 0.341 e. The van der Waals surface area contributed by atoms with Crippen LogP contribution in [0.5, 0.6) is 0 Å². The van der Waals surface area contributed by atoms with Crippen LogP contribution in [0.15, 0.2) is 12.4 Å². The van der Waals surface area contributed by atoms with E-state index in [9.17, 15) is 9.59 Å². The molecule has 2 heterocycles. The van der Waals surface area contributed by atoms with Gasteiger partial charge in [0.15, 0.2) is 5.65 Å². The Hall–Kier alpha value is -2.64. The number of esters is 1. The molecule has 0 saturated heterocycles. The van der Waals surface area contributed by atoms with E-state index in [1.54, 1.807) is 17.8 Å². The number of hydrogen-bond donors (Lipinski definition) is 2. The molecule has 2 aromatic heterocycles. The molecular weight excluding hydrogens is 274 g/mol. The summed E-state index contributed by atoms with van der Waals surface area (Å²) in [5.41, 5.74) is 6.49. The first-order valence-electron chi connectivity index (χ1n) is 6.62. The van der Waals surface area contributed by atoms with Crippen LogP contribution in [0.1, 0.15) is 31.1 Å². The molecule has 0 aliphatic carbocycles. The number of aromatic nitrogens is 3. The summed E-state index contributed by atoms with van der Waals surface area (Å²) >= 11 is 0. The molecular formula is C13H17N5O3. The highest BCUT2D eigenvalue weighted by molar-refractivity contribution is 6.04. The van der Waals surface area contributed by atoms with E-state index >= 15 is 0 Å². The third-order valence-electron chi connectivity index (χ3n) is 2.82. The molecule has 8 heteroatoms. The first-order valence-corrected chi connectivity index (χ1v) is 6.62. The zero-order valence-corrected chi connectivity index (χ0v) is 12.1. The number of aryl methyl sites for hydroxylation is 1. The molecule has 0 bridgehead atoms. The van der Waals surface area contributed by atoms with Crippen molar-refractivity contribution in [3.63, 3.8) is 0 Å². The summed E-state index contributed by atoms with van der Waals surface area (Å²) in [6.45, 7) is 5.93. The normalized spacial score (nSPS) is 10.4. The number of nitrogens with zero attached hydrogens (tertiary/aromatic N) is 3. The van der Waals surface area contributed by atoms with E-state index in [-0.39, 0.29) is 18.1 Å². The van der Waals surface area contributed by atoms with E-state index in [0.29, 0.717) is 23.3 Å². The molecule has 0 radical (unpaired) electrons. The predicted molar refractivity (Wildman–Crippen MR) is 76.6 cm³/mol. The number of pyridine rings is 1. The van der Waals surface area contributed by atoms with Crippen LogP contribution in [0.4, 0.5) is 5.69 Å². The molecule has 0 fully saturated rings. The first-order chi connectivity index (χ1) is 10.1. The van der Waals surface area contributed by atoms with Gasteiger partial charge in [-0.05, 0) is 13.8 Å². The van der Waals surface area contributed by atoms with Crippen molar-refractivity contribution in [1.29, 1.82) is 0 Å². The second-order valence-corrected chi connectivity index (χ2v) is 4.27. The van der Waals surface area contributed by atoms with E-state index in [1.165, 1.54) is 13.1 Å². The summed E-state index contributed by atoms with van der Waals surface area (Å²) in [4.78, 5) is 27.3. The van der Waals surface area contributed by atoms with Crippen molar-refractivity contribution in [2.45, 2.75) is 27.3 Å². The number of nitrogens with one attached hydrogen (secondary N) is 2.